The Labute approximate surface area is 389 Å². The van der Waals surface area contributed by atoms with E-state index in [1.165, 1.54) is 12.1 Å². The maximum absolute atomic E-state index is 15.5. The van der Waals surface area contributed by atoms with Crippen LogP contribution in [0.4, 0.5) is 26.0 Å². The van der Waals surface area contributed by atoms with Gasteiger partial charge in [0.2, 0.25) is 23.6 Å². The van der Waals surface area contributed by atoms with E-state index in [1.807, 2.05) is 32.7 Å². The van der Waals surface area contributed by atoms with Crippen LogP contribution in [0.15, 0.2) is 55.0 Å². The van der Waals surface area contributed by atoms with Crippen LogP contribution in [0.5, 0.6) is 0 Å². The van der Waals surface area contributed by atoms with E-state index in [0.717, 1.165) is 57.7 Å². The van der Waals surface area contributed by atoms with Gasteiger partial charge < -0.3 is 24.0 Å². The highest BCUT2D eigenvalue weighted by Gasteiger charge is 2.45. The topological polar surface area (TPSA) is 176 Å². The lowest BCUT2D eigenvalue weighted by atomic mass is 9.91. The van der Waals surface area contributed by atoms with Gasteiger partial charge in [-0.05, 0) is 79.6 Å². The molecule has 9 heterocycles. The molecule has 11 rings (SSSR count). The Kier molecular flexibility index (Phi) is 11.1. The molecule has 1 unspecified atom stereocenters. The number of hydrogen-bond acceptors (Lipinski definition) is 11. The zero-order valence-corrected chi connectivity index (χ0v) is 37.6. The number of pyridine rings is 1. The van der Waals surface area contributed by atoms with E-state index >= 15 is 8.78 Å². The summed E-state index contributed by atoms with van der Waals surface area (Å²) in [5, 5.41) is 8.16. The van der Waals surface area contributed by atoms with Gasteiger partial charge in [-0.3, -0.25) is 53.5 Å². The maximum atomic E-state index is 15.5. The molecule has 17 nitrogen and oxygen atoms in total. The van der Waals surface area contributed by atoms with Crippen LogP contribution >= 0.6 is 0 Å². The smallest absolute Gasteiger partial charge is 0.264 e. The van der Waals surface area contributed by atoms with Crippen molar-refractivity contribution in [2.45, 2.75) is 83.5 Å². The molecule has 1 atom stereocenters. The number of amides is 6. The zero-order valence-electron chi connectivity index (χ0n) is 37.6. The Morgan fingerprint density at radius 2 is 1.68 bits per heavy atom. The van der Waals surface area contributed by atoms with Gasteiger partial charge in [0.1, 0.15) is 6.04 Å². The summed E-state index contributed by atoms with van der Waals surface area (Å²) in [5.74, 6) is -1.89. The molecule has 5 aromatic rings. The summed E-state index contributed by atoms with van der Waals surface area (Å²) in [7, 11) is 0. The first-order chi connectivity index (χ1) is 32.9. The summed E-state index contributed by atoms with van der Waals surface area (Å²) in [6.45, 7) is 6.34. The minimum Gasteiger partial charge on any atom is -0.381 e. The average molecular weight is 929 g/mol. The molecular weight excluding hydrogens is 879 g/mol. The Bertz CT molecular complexity index is 2940. The number of fused-ring (bicyclic) bond motifs is 4. The van der Waals surface area contributed by atoms with E-state index in [2.05, 4.69) is 19.9 Å². The third kappa shape index (κ3) is 7.51. The SMILES string of the molecule is CC(=O)N1CCc2c(c(N3CCCc4cc(-c5cn(CCN6CCN(c7ccc8c(c7)C(=O)N(C7CCC(=O)NC7=O)C8=O)C(=O)C6)c6ccncc56)c(C(F)F)cc43)nn2C2CCOCC2)C1. The van der Waals surface area contributed by atoms with E-state index in [-0.39, 0.29) is 53.9 Å². The van der Waals surface area contributed by atoms with Gasteiger partial charge in [0.15, 0.2) is 5.82 Å². The number of piperidine rings is 1. The van der Waals surface area contributed by atoms with Gasteiger partial charge in [0, 0.05) is 130 Å². The molecule has 3 saturated heterocycles. The van der Waals surface area contributed by atoms with Crippen LogP contribution in [0.25, 0.3) is 22.0 Å². The van der Waals surface area contributed by atoms with Crippen molar-refractivity contribution in [3.63, 3.8) is 0 Å². The fraction of sp³-hybridized carbons (Fsp3) is 0.429. The quantitative estimate of drug-likeness (QED) is 0.199. The largest absolute Gasteiger partial charge is 0.381 e. The van der Waals surface area contributed by atoms with Gasteiger partial charge in [-0.25, -0.2) is 8.78 Å². The molecule has 3 fully saturated rings. The molecule has 0 bridgehead atoms. The number of alkyl halides is 2. The van der Waals surface area contributed by atoms with E-state index in [4.69, 9.17) is 9.84 Å². The number of carbonyl (C=O) groups is 6. The molecule has 68 heavy (non-hydrogen) atoms. The number of nitrogens with one attached hydrogen (secondary N) is 1. The summed E-state index contributed by atoms with van der Waals surface area (Å²) in [4.78, 5) is 90.1. The standard InChI is InChI=1S/C49H50F2N10O7/c1-28(62)56-14-9-40-38(26-56)46(54-61(40)30-10-19-68-20-11-30)59-13-2-3-29-21-33(34(45(50)51)23-42(29)59)37-25-57(39-8-12-52-24-36(37)39)17-15-55-16-18-58(44(64)27-55)31-4-5-32-35(22-31)49(67)60(48(32)66)41-6-7-43(63)53-47(41)65/h4-5,8,12,21-25,30,41,45H,2-3,6-7,9-11,13-20,26-27H2,1H3,(H,53,63,65). The molecule has 3 aromatic heterocycles. The minimum atomic E-state index is -2.79. The lowest BCUT2D eigenvalue weighted by Gasteiger charge is -2.34. The molecule has 6 aliphatic rings. The van der Waals surface area contributed by atoms with E-state index in [0.29, 0.717) is 94.4 Å². The van der Waals surface area contributed by atoms with Crippen molar-refractivity contribution < 1.29 is 42.3 Å². The second-order valence-electron chi connectivity index (χ2n) is 18.5. The summed E-state index contributed by atoms with van der Waals surface area (Å²) in [6, 6.07) is 9.11. The monoisotopic (exact) mass is 928 g/mol. The number of benzene rings is 2. The first kappa shape index (κ1) is 43.7. The van der Waals surface area contributed by atoms with Crippen LogP contribution in [-0.4, -0.2) is 128 Å². The summed E-state index contributed by atoms with van der Waals surface area (Å²) in [6.07, 6.45) is 6.38. The number of nitrogens with zero attached hydrogens (tertiary/aromatic N) is 9. The predicted octanol–water partition coefficient (Wildman–Crippen LogP) is 4.93. The van der Waals surface area contributed by atoms with Crippen LogP contribution in [0.2, 0.25) is 0 Å². The van der Waals surface area contributed by atoms with Crippen molar-refractivity contribution >= 4 is 63.5 Å². The molecule has 6 amide bonds. The number of aromatic nitrogens is 4. The van der Waals surface area contributed by atoms with Crippen molar-refractivity contribution in [3.8, 4) is 11.1 Å². The highest BCUT2D eigenvalue weighted by Crippen LogP contribution is 2.45. The van der Waals surface area contributed by atoms with Crippen molar-refractivity contribution in [2.24, 2.45) is 0 Å². The molecule has 19 heteroatoms. The second kappa shape index (κ2) is 17.3. The molecule has 0 aliphatic carbocycles. The number of carbonyl (C=O) groups excluding carboxylic acids is 6. The molecule has 2 aromatic carbocycles. The van der Waals surface area contributed by atoms with Crippen molar-refractivity contribution in [1.82, 2.24) is 39.3 Å². The van der Waals surface area contributed by atoms with Gasteiger partial charge in [0.05, 0.1) is 35.8 Å². The zero-order chi connectivity index (χ0) is 47.0. The first-order valence-corrected chi connectivity index (χ1v) is 23.4. The fourth-order valence-corrected chi connectivity index (χ4v) is 11.0. The number of aryl methyl sites for hydroxylation is 1. The molecular formula is C49H50F2N10O7. The lowest BCUT2D eigenvalue weighted by Crippen LogP contribution is -2.54. The molecule has 0 spiro atoms. The van der Waals surface area contributed by atoms with Crippen LogP contribution in [0.1, 0.15) is 94.6 Å². The fourth-order valence-electron chi connectivity index (χ4n) is 11.0. The van der Waals surface area contributed by atoms with Crippen LogP contribution < -0.4 is 15.1 Å². The highest BCUT2D eigenvalue weighted by atomic mass is 19.3. The third-order valence-electron chi connectivity index (χ3n) is 14.6. The van der Waals surface area contributed by atoms with E-state index in [1.54, 1.807) is 36.4 Å². The van der Waals surface area contributed by atoms with Crippen molar-refractivity contribution in [2.75, 3.05) is 62.3 Å². The predicted molar refractivity (Wildman–Crippen MR) is 243 cm³/mol. The number of halogens is 2. The van der Waals surface area contributed by atoms with Crippen molar-refractivity contribution in [3.05, 3.63) is 88.5 Å². The van der Waals surface area contributed by atoms with Gasteiger partial charge in [-0.1, -0.05) is 0 Å². The molecule has 6 aliphatic heterocycles. The van der Waals surface area contributed by atoms with Gasteiger partial charge in [0.25, 0.3) is 18.2 Å². The molecule has 352 valence electrons. The number of rotatable bonds is 9. The summed E-state index contributed by atoms with van der Waals surface area (Å²) < 4.78 is 40.7. The summed E-state index contributed by atoms with van der Waals surface area (Å²) >= 11 is 0. The molecule has 0 radical (unpaired) electrons. The second-order valence-corrected chi connectivity index (χ2v) is 18.5. The lowest BCUT2D eigenvalue weighted by molar-refractivity contribution is -0.136. The van der Waals surface area contributed by atoms with Gasteiger partial charge in [-0.15, -0.1) is 0 Å². The van der Waals surface area contributed by atoms with E-state index in [9.17, 15) is 28.8 Å². The number of piperazine rings is 1. The molecule has 0 saturated carbocycles. The van der Waals surface area contributed by atoms with Crippen molar-refractivity contribution in [1.29, 1.82) is 0 Å². The normalized spacial score (nSPS) is 20.4. The Hall–Kier alpha value is -6.86. The first-order valence-electron chi connectivity index (χ1n) is 23.4. The maximum Gasteiger partial charge on any atom is 0.264 e. The number of anilines is 3. The number of ether oxygens (including phenoxy) is 1. The Balaban J connectivity index is 0.832. The Morgan fingerprint density at radius 3 is 2.46 bits per heavy atom. The van der Waals surface area contributed by atoms with Gasteiger partial charge in [-0.2, -0.15) is 5.10 Å². The number of imide groups is 2. The Morgan fingerprint density at radius 1 is 0.853 bits per heavy atom. The number of hydrogen-bond donors (Lipinski definition) is 1. The van der Waals surface area contributed by atoms with E-state index < -0.39 is 36.1 Å². The third-order valence-corrected chi connectivity index (χ3v) is 14.6. The van der Waals surface area contributed by atoms with Crippen LogP contribution in [0.3, 0.4) is 0 Å². The van der Waals surface area contributed by atoms with Crippen LogP contribution in [-0.2, 0) is 49.8 Å². The minimum absolute atomic E-state index is 0.0106. The molecule has 1 N–H and O–H groups in total. The highest BCUT2D eigenvalue weighted by molar-refractivity contribution is 6.24. The average Bonchev–Trinajstić information content (AvgIpc) is 3.99. The van der Waals surface area contributed by atoms with Gasteiger partial charge >= 0.3 is 0 Å². The van der Waals surface area contributed by atoms with Crippen LogP contribution in [0, 0.1) is 0 Å². The summed E-state index contributed by atoms with van der Waals surface area (Å²) in [5.41, 5.74) is 6.23.